The third kappa shape index (κ3) is 5.63. The number of hydrogen-bond acceptors (Lipinski definition) is 7. The molecule has 0 saturated carbocycles. The number of rotatable bonds is 8. The molecule has 7 nitrogen and oxygen atoms in total. The molecule has 5 rings (SSSR count). The van der Waals surface area contributed by atoms with Gasteiger partial charge in [0.05, 0.1) is 10.4 Å². The number of nitrogens with one attached hydrogen (secondary N) is 2. The summed E-state index contributed by atoms with van der Waals surface area (Å²) in [5.74, 6) is 0.120. The van der Waals surface area contributed by atoms with E-state index in [1.54, 1.807) is 12.3 Å². The molecule has 0 bridgehead atoms. The van der Waals surface area contributed by atoms with Crippen LogP contribution in [0, 0.1) is 19.7 Å². The van der Waals surface area contributed by atoms with Crippen LogP contribution < -0.4 is 15.6 Å². The van der Waals surface area contributed by atoms with Crippen LogP contribution in [0.1, 0.15) is 22.5 Å². The van der Waals surface area contributed by atoms with Crippen LogP contribution in [0.3, 0.4) is 0 Å². The fourth-order valence-corrected chi connectivity index (χ4v) is 4.72. The summed E-state index contributed by atoms with van der Waals surface area (Å²) in [5.41, 5.74) is 5.08. The molecule has 0 aliphatic heterocycles. The Kier molecular flexibility index (Phi) is 7.16. The second-order valence-electron chi connectivity index (χ2n) is 8.57. The largest absolute Gasteiger partial charge is 0.486 e. The van der Waals surface area contributed by atoms with E-state index in [4.69, 9.17) is 16.3 Å². The Labute approximate surface area is 221 Å². The van der Waals surface area contributed by atoms with Crippen LogP contribution in [0.25, 0.3) is 22.3 Å². The van der Waals surface area contributed by atoms with Gasteiger partial charge in [0.1, 0.15) is 40.9 Å². The number of pyridine rings is 1. The first-order valence-corrected chi connectivity index (χ1v) is 12.8. The molecule has 0 atom stereocenters. The van der Waals surface area contributed by atoms with Crippen molar-refractivity contribution in [1.82, 2.24) is 19.9 Å². The number of aryl methyl sites for hydroxylation is 2. The van der Waals surface area contributed by atoms with E-state index in [9.17, 15) is 9.18 Å². The van der Waals surface area contributed by atoms with Crippen molar-refractivity contribution >= 4 is 39.0 Å². The molecule has 3 aromatic heterocycles. The van der Waals surface area contributed by atoms with Crippen molar-refractivity contribution in [2.45, 2.75) is 26.9 Å². The molecule has 0 aliphatic carbocycles. The van der Waals surface area contributed by atoms with Crippen LogP contribution in [-0.4, -0.2) is 26.5 Å². The third-order valence-electron chi connectivity index (χ3n) is 5.95. The average Bonchev–Trinajstić information content (AvgIpc) is 3.35. The minimum atomic E-state index is -0.538. The SMILES string of the molecule is Cc1ccc(CCNc2nc(-c3nccc4c(=O)[nH]c(COc5ccc(F)c(Cl)c5)nc34)cs2)cc1C. The topological polar surface area (TPSA) is 92.8 Å². The number of nitrogens with zero attached hydrogens (tertiary/aromatic N) is 3. The Morgan fingerprint density at radius 3 is 2.78 bits per heavy atom. The van der Waals surface area contributed by atoms with Gasteiger partial charge in [0.25, 0.3) is 5.56 Å². The fraction of sp³-hybridized carbons (Fsp3) is 0.185. The molecule has 0 spiro atoms. The van der Waals surface area contributed by atoms with Crippen molar-refractivity contribution in [3.8, 4) is 17.1 Å². The highest BCUT2D eigenvalue weighted by molar-refractivity contribution is 7.14. The van der Waals surface area contributed by atoms with Gasteiger partial charge in [-0.2, -0.15) is 0 Å². The van der Waals surface area contributed by atoms with Crippen molar-refractivity contribution in [2.24, 2.45) is 0 Å². The van der Waals surface area contributed by atoms with Crippen molar-refractivity contribution in [3.05, 3.63) is 97.7 Å². The highest BCUT2D eigenvalue weighted by Gasteiger charge is 2.15. The van der Waals surface area contributed by atoms with E-state index in [2.05, 4.69) is 57.3 Å². The number of fused-ring (bicyclic) bond motifs is 1. The molecule has 37 heavy (non-hydrogen) atoms. The van der Waals surface area contributed by atoms with E-state index >= 15 is 0 Å². The molecule has 0 saturated heterocycles. The highest BCUT2D eigenvalue weighted by atomic mass is 35.5. The van der Waals surface area contributed by atoms with Gasteiger partial charge in [-0.25, -0.2) is 14.4 Å². The van der Waals surface area contributed by atoms with E-state index in [-0.39, 0.29) is 17.2 Å². The van der Waals surface area contributed by atoms with Crippen LogP contribution in [-0.2, 0) is 13.0 Å². The maximum absolute atomic E-state index is 13.4. The normalized spacial score (nSPS) is 11.1. The van der Waals surface area contributed by atoms with E-state index < -0.39 is 5.82 Å². The van der Waals surface area contributed by atoms with Gasteiger partial charge >= 0.3 is 0 Å². The first kappa shape index (κ1) is 24.9. The molecule has 2 N–H and O–H groups in total. The summed E-state index contributed by atoms with van der Waals surface area (Å²) < 4.78 is 19.1. The second-order valence-corrected chi connectivity index (χ2v) is 9.83. The molecule has 0 unspecified atom stereocenters. The van der Waals surface area contributed by atoms with Crippen LogP contribution in [0.15, 0.2) is 58.8 Å². The first-order chi connectivity index (χ1) is 17.9. The molecule has 5 aromatic rings. The number of halogens is 2. The zero-order valence-corrected chi connectivity index (χ0v) is 21.7. The average molecular weight is 536 g/mol. The Hall–Kier alpha value is -3.82. The fourth-order valence-electron chi connectivity index (χ4n) is 3.82. The summed E-state index contributed by atoms with van der Waals surface area (Å²) in [7, 11) is 0. The standard InChI is InChI=1S/C27H23ClFN5O2S/c1-15-3-4-17(11-16(15)2)7-9-31-27-32-22(14-37-27)25-24-19(8-10-30-25)26(35)34-23(33-24)13-36-18-5-6-21(29)20(28)12-18/h3-6,8,10-12,14H,7,9,13H2,1-2H3,(H,31,32)(H,33,34,35). The third-order valence-corrected chi connectivity index (χ3v) is 7.04. The number of ether oxygens (including phenoxy) is 1. The molecule has 0 radical (unpaired) electrons. The Morgan fingerprint density at radius 2 is 1.97 bits per heavy atom. The molecular weight excluding hydrogens is 513 g/mol. The van der Waals surface area contributed by atoms with Crippen molar-refractivity contribution < 1.29 is 9.13 Å². The highest BCUT2D eigenvalue weighted by Crippen LogP contribution is 2.28. The molecule has 0 aliphatic rings. The van der Waals surface area contributed by atoms with E-state index in [1.165, 1.54) is 46.2 Å². The smallest absolute Gasteiger partial charge is 0.258 e. The van der Waals surface area contributed by atoms with E-state index in [0.29, 0.717) is 33.9 Å². The first-order valence-electron chi connectivity index (χ1n) is 11.6. The summed E-state index contributed by atoms with van der Waals surface area (Å²) in [6.45, 7) is 4.93. The summed E-state index contributed by atoms with van der Waals surface area (Å²) in [6.07, 6.45) is 2.44. The van der Waals surface area contributed by atoms with E-state index in [0.717, 1.165) is 18.1 Å². The Balaban J connectivity index is 1.33. The van der Waals surface area contributed by atoms with Crippen molar-refractivity contribution in [1.29, 1.82) is 0 Å². The number of hydrogen-bond donors (Lipinski definition) is 2. The monoisotopic (exact) mass is 535 g/mol. The summed E-state index contributed by atoms with van der Waals surface area (Å²) >= 11 is 7.28. The van der Waals surface area contributed by atoms with Gasteiger partial charge in [0, 0.05) is 24.2 Å². The number of thiazole rings is 1. The Morgan fingerprint density at radius 1 is 1.11 bits per heavy atom. The van der Waals surface area contributed by atoms with Crippen LogP contribution >= 0.6 is 22.9 Å². The molecule has 0 amide bonds. The summed E-state index contributed by atoms with van der Waals surface area (Å²) in [4.78, 5) is 29.2. The lowest BCUT2D eigenvalue weighted by molar-refractivity contribution is 0.295. The van der Waals surface area contributed by atoms with Gasteiger partial charge in [-0.3, -0.25) is 9.78 Å². The number of anilines is 1. The van der Waals surface area contributed by atoms with Gasteiger partial charge in [-0.15, -0.1) is 11.3 Å². The maximum Gasteiger partial charge on any atom is 0.258 e. The minimum Gasteiger partial charge on any atom is -0.486 e. The Bertz CT molecular complexity index is 1650. The van der Waals surface area contributed by atoms with Crippen molar-refractivity contribution in [3.63, 3.8) is 0 Å². The van der Waals surface area contributed by atoms with Gasteiger partial charge in [0.15, 0.2) is 5.13 Å². The van der Waals surface area contributed by atoms with Gasteiger partial charge in [-0.1, -0.05) is 29.8 Å². The van der Waals surface area contributed by atoms with Crippen LogP contribution in [0.5, 0.6) is 5.75 Å². The predicted molar refractivity (Wildman–Crippen MR) is 145 cm³/mol. The van der Waals surface area contributed by atoms with Gasteiger partial charge in [0.2, 0.25) is 0 Å². The number of H-pyrrole nitrogens is 1. The molecule has 188 valence electrons. The quantitative estimate of drug-likeness (QED) is 0.250. The van der Waals surface area contributed by atoms with Gasteiger partial charge in [-0.05, 0) is 55.2 Å². The number of aromatic nitrogens is 4. The predicted octanol–water partition coefficient (Wildman–Crippen LogP) is 6.08. The van der Waals surface area contributed by atoms with Crippen LogP contribution in [0.2, 0.25) is 5.02 Å². The lowest BCUT2D eigenvalue weighted by atomic mass is 10.0. The molecule has 0 fully saturated rings. The molecular formula is C27H23ClFN5O2S. The summed E-state index contributed by atoms with van der Waals surface area (Å²) in [5, 5.41) is 6.37. The zero-order valence-electron chi connectivity index (χ0n) is 20.1. The second kappa shape index (κ2) is 10.7. The number of aromatic amines is 1. The van der Waals surface area contributed by atoms with Crippen molar-refractivity contribution in [2.75, 3.05) is 11.9 Å². The zero-order chi connectivity index (χ0) is 25.9. The molecule has 3 heterocycles. The van der Waals surface area contributed by atoms with Gasteiger partial charge < -0.3 is 15.0 Å². The number of benzene rings is 2. The molecule has 10 heteroatoms. The lowest BCUT2D eigenvalue weighted by Crippen LogP contribution is -2.14. The summed E-state index contributed by atoms with van der Waals surface area (Å²) in [6, 6.07) is 12.1. The van der Waals surface area contributed by atoms with E-state index in [1.807, 2.05) is 5.38 Å². The maximum atomic E-state index is 13.4. The minimum absolute atomic E-state index is 0.0379. The lowest BCUT2D eigenvalue weighted by Gasteiger charge is -2.08. The molecule has 2 aromatic carbocycles. The van der Waals surface area contributed by atoms with Crippen LogP contribution in [0.4, 0.5) is 9.52 Å².